The molecule has 0 saturated carbocycles. The Bertz CT molecular complexity index is 921. The van der Waals surface area contributed by atoms with Crippen LogP contribution in [0.2, 0.25) is 0 Å². The SMILES string of the molecule is O=C(NCc1cccnc1)c1nc(C(=O)NCc2ccccn2)n2c1CCCC2. The first-order chi connectivity index (χ1) is 14.2. The summed E-state index contributed by atoms with van der Waals surface area (Å²) in [5, 5.41) is 5.73. The van der Waals surface area contributed by atoms with Gasteiger partial charge in [-0.05, 0) is 43.0 Å². The van der Waals surface area contributed by atoms with Crippen LogP contribution < -0.4 is 10.6 Å². The topological polar surface area (TPSA) is 102 Å². The van der Waals surface area contributed by atoms with Gasteiger partial charge in [-0.25, -0.2) is 4.98 Å². The minimum atomic E-state index is -0.301. The smallest absolute Gasteiger partial charge is 0.287 e. The maximum atomic E-state index is 12.8. The van der Waals surface area contributed by atoms with Crippen molar-refractivity contribution >= 4 is 11.8 Å². The molecule has 0 aromatic carbocycles. The fraction of sp³-hybridized carbons (Fsp3) is 0.286. The van der Waals surface area contributed by atoms with Crippen LogP contribution in [-0.4, -0.2) is 31.3 Å². The molecule has 2 N–H and O–H groups in total. The van der Waals surface area contributed by atoms with Crippen molar-refractivity contribution in [3.05, 3.63) is 77.4 Å². The molecule has 4 rings (SSSR count). The fourth-order valence-electron chi connectivity index (χ4n) is 3.42. The third-order valence-corrected chi connectivity index (χ3v) is 4.87. The molecule has 8 heteroatoms. The number of nitrogens with zero attached hydrogens (tertiary/aromatic N) is 4. The molecule has 0 unspecified atom stereocenters. The molecule has 0 saturated heterocycles. The van der Waals surface area contributed by atoms with Gasteiger partial charge in [0.1, 0.15) is 5.69 Å². The van der Waals surface area contributed by atoms with Crippen LogP contribution in [0.15, 0.2) is 48.9 Å². The van der Waals surface area contributed by atoms with E-state index in [4.69, 9.17) is 0 Å². The van der Waals surface area contributed by atoms with Crippen molar-refractivity contribution in [2.45, 2.75) is 38.9 Å². The first-order valence-corrected chi connectivity index (χ1v) is 9.67. The molecule has 1 aliphatic rings. The highest BCUT2D eigenvalue weighted by Gasteiger charge is 2.27. The second-order valence-corrected chi connectivity index (χ2v) is 6.89. The Balaban J connectivity index is 1.50. The van der Waals surface area contributed by atoms with Crippen LogP contribution in [0.5, 0.6) is 0 Å². The van der Waals surface area contributed by atoms with Gasteiger partial charge < -0.3 is 15.2 Å². The molecule has 2 amide bonds. The fourth-order valence-corrected chi connectivity index (χ4v) is 3.42. The van der Waals surface area contributed by atoms with E-state index in [0.717, 1.165) is 36.2 Å². The van der Waals surface area contributed by atoms with Crippen molar-refractivity contribution in [1.82, 2.24) is 30.2 Å². The van der Waals surface area contributed by atoms with E-state index in [9.17, 15) is 9.59 Å². The maximum Gasteiger partial charge on any atom is 0.287 e. The average molecular weight is 390 g/mol. The van der Waals surface area contributed by atoms with Crippen molar-refractivity contribution in [3.63, 3.8) is 0 Å². The molecule has 1 aliphatic heterocycles. The van der Waals surface area contributed by atoms with Gasteiger partial charge in [-0.2, -0.15) is 0 Å². The van der Waals surface area contributed by atoms with E-state index in [1.165, 1.54) is 0 Å². The molecule has 3 aromatic rings. The van der Waals surface area contributed by atoms with E-state index in [0.29, 0.717) is 25.3 Å². The van der Waals surface area contributed by atoms with Crippen LogP contribution in [0.4, 0.5) is 0 Å². The van der Waals surface area contributed by atoms with E-state index < -0.39 is 0 Å². The van der Waals surface area contributed by atoms with Crippen molar-refractivity contribution < 1.29 is 9.59 Å². The zero-order chi connectivity index (χ0) is 20.1. The Labute approximate surface area is 168 Å². The second kappa shape index (κ2) is 8.64. The number of imidazole rings is 1. The van der Waals surface area contributed by atoms with Crippen LogP contribution in [0.3, 0.4) is 0 Å². The molecule has 0 bridgehead atoms. The maximum absolute atomic E-state index is 12.8. The number of amides is 2. The zero-order valence-corrected chi connectivity index (χ0v) is 16.0. The highest BCUT2D eigenvalue weighted by atomic mass is 16.2. The minimum absolute atomic E-state index is 0.275. The van der Waals surface area contributed by atoms with Crippen molar-refractivity contribution in [2.75, 3.05) is 0 Å². The number of nitrogens with one attached hydrogen (secondary N) is 2. The molecular weight excluding hydrogens is 368 g/mol. The standard InChI is InChI=1S/C21H22N6O2/c28-20(24-13-15-6-5-9-22-12-15)18-17-8-2-4-11-27(17)19(26-18)21(29)25-14-16-7-1-3-10-23-16/h1,3,5-7,9-10,12H,2,4,8,11,13-14H2,(H,24,28)(H,25,29). The molecule has 4 heterocycles. The number of pyridine rings is 2. The molecule has 0 aliphatic carbocycles. The van der Waals surface area contributed by atoms with E-state index in [1.807, 2.05) is 34.9 Å². The Hall–Kier alpha value is -3.55. The molecular formula is C21H22N6O2. The Kier molecular flexibility index (Phi) is 5.60. The second-order valence-electron chi connectivity index (χ2n) is 6.89. The lowest BCUT2D eigenvalue weighted by Gasteiger charge is -2.17. The Morgan fingerprint density at radius 3 is 2.69 bits per heavy atom. The lowest BCUT2D eigenvalue weighted by atomic mass is 10.1. The highest BCUT2D eigenvalue weighted by Crippen LogP contribution is 2.21. The predicted molar refractivity (Wildman–Crippen MR) is 106 cm³/mol. The van der Waals surface area contributed by atoms with E-state index >= 15 is 0 Å². The number of carbonyl (C=O) groups excluding carboxylic acids is 2. The quantitative estimate of drug-likeness (QED) is 0.669. The van der Waals surface area contributed by atoms with Crippen molar-refractivity contribution in [3.8, 4) is 0 Å². The van der Waals surface area contributed by atoms with Crippen molar-refractivity contribution in [1.29, 1.82) is 0 Å². The van der Waals surface area contributed by atoms with Crippen LogP contribution in [0.25, 0.3) is 0 Å². The summed E-state index contributed by atoms with van der Waals surface area (Å²) in [6, 6.07) is 9.26. The number of carbonyl (C=O) groups is 2. The van der Waals surface area contributed by atoms with Crippen LogP contribution in [0, 0.1) is 0 Å². The first kappa shape index (κ1) is 18.8. The number of aromatic nitrogens is 4. The Morgan fingerprint density at radius 2 is 1.90 bits per heavy atom. The molecule has 0 radical (unpaired) electrons. The van der Waals surface area contributed by atoms with Gasteiger partial charge in [0, 0.05) is 31.7 Å². The van der Waals surface area contributed by atoms with E-state index in [-0.39, 0.29) is 17.6 Å². The summed E-state index contributed by atoms with van der Waals surface area (Å²) in [4.78, 5) is 38.2. The van der Waals surface area contributed by atoms with E-state index in [2.05, 4.69) is 25.6 Å². The normalized spacial score (nSPS) is 12.8. The predicted octanol–water partition coefficient (Wildman–Crippen LogP) is 1.87. The molecule has 0 fully saturated rings. The summed E-state index contributed by atoms with van der Waals surface area (Å²) in [5.74, 6) is -0.296. The van der Waals surface area contributed by atoms with Gasteiger partial charge in [0.25, 0.3) is 11.8 Å². The van der Waals surface area contributed by atoms with Crippen LogP contribution >= 0.6 is 0 Å². The summed E-state index contributed by atoms with van der Waals surface area (Å²) >= 11 is 0. The first-order valence-electron chi connectivity index (χ1n) is 9.67. The summed E-state index contributed by atoms with van der Waals surface area (Å²) in [5.41, 5.74) is 2.82. The third kappa shape index (κ3) is 4.31. The highest BCUT2D eigenvalue weighted by molar-refractivity contribution is 5.97. The van der Waals surface area contributed by atoms with Gasteiger partial charge >= 0.3 is 0 Å². The monoisotopic (exact) mass is 390 g/mol. The molecule has 0 spiro atoms. The third-order valence-electron chi connectivity index (χ3n) is 4.87. The largest absolute Gasteiger partial charge is 0.347 e. The lowest BCUT2D eigenvalue weighted by molar-refractivity contribution is 0.0934. The number of fused-ring (bicyclic) bond motifs is 1. The lowest BCUT2D eigenvalue weighted by Crippen LogP contribution is -2.27. The molecule has 3 aromatic heterocycles. The molecule has 29 heavy (non-hydrogen) atoms. The van der Waals surface area contributed by atoms with Gasteiger partial charge in [0.05, 0.1) is 17.9 Å². The summed E-state index contributed by atoms with van der Waals surface area (Å²) in [6.45, 7) is 1.36. The molecule has 8 nitrogen and oxygen atoms in total. The van der Waals surface area contributed by atoms with Gasteiger partial charge in [-0.3, -0.25) is 19.6 Å². The zero-order valence-electron chi connectivity index (χ0n) is 16.0. The summed E-state index contributed by atoms with van der Waals surface area (Å²) in [6.07, 6.45) is 7.75. The van der Waals surface area contributed by atoms with Gasteiger partial charge in [-0.1, -0.05) is 12.1 Å². The molecule has 148 valence electrons. The van der Waals surface area contributed by atoms with Crippen LogP contribution in [-0.2, 0) is 26.1 Å². The summed E-state index contributed by atoms with van der Waals surface area (Å²) in [7, 11) is 0. The minimum Gasteiger partial charge on any atom is -0.347 e. The van der Waals surface area contributed by atoms with Gasteiger partial charge in [0.15, 0.2) is 5.82 Å². The van der Waals surface area contributed by atoms with Crippen molar-refractivity contribution in [2.24, 2.45) is 0 Å². The number of rotatable bonds is 6. The summed E-state index contributed by atoms with van der Waals surface area (Å²) < 4.78 is 1.87. The van der Waals surface area contributed by atoms with E-state index in [1.54, 1.807) is 18.6 Å². The molecule has 0 atom stereocenters. The average Bonchev–Trinajstić information content (AvgIpc) is 3.17. The number of hydrogen-bond donors (Lipinski definition) is 2. The van der Waals surface area contributed by atoms with Crippen LogP contribution in [0.1, 0.15) is 50.9 Å². The van der Waals surface area contributed by atoms with Gasteiger partial charge in [-0.15, -0.1) is 0 Å². The Morgan fingerprint density at radius 1 is 1.00 bits per heavy atom. The number of hydrogen-bond acceptors (Lipinski definition) is 5. The van der Waals surface area contributed by atoms with Gasteiger partial charge in [0.2, 0.25) is 0 Å².